The van der Waals surface area contributed by atoms with E-state index in [9.17, 15) is 13.2 Å². The maximum Gasteiger partial charge on any atom is 0.264 e. The Balaban J connectivity index is 1.46. The van der Waals surface area contributed by atoms with Gasteiger partial charge in [-0.3, -0.25) is 9.10 Å². The van der Waals surface area contributed by atoms with Gasteiger partial charge in [0.05, 0.1) is 10.6 Å². The molecule has 1 aromatic heterocycles. The maximum atomic E-state index is 13.6. The highest BCUT2D eigenvalue weighted by Crippen LogP contribution is 2.31. The topological polar surface area (TPSA) is 79.6 Å². The van der Waals surface area contributed by atoms with E-state index in [0.29, 0.717) is 17.0 Å². The summed E-state index contributed by atoms with van der Waals surface area (Å²) in [5.41, 5.74) is 4.09. The second-order valence-electron chi connectivity index (χ2n) is 8.47. The number of anilines is 2. The molecule has 4 aromatic carbocycles. The molecular formula is C28H24N2O4S. The van der Waals surface area contributed by atoms with Crippen molar-refractivity contribution in [2.45, 2.75) is 18.7 Å². The molecule has 6 nitrogen and oxygen atoms in total. The molecule has 0 atom stereocenters. The first-order valence-electron chi connectivity index (χ1n) is 11.2. The third-order valence-electron chi connectivity index (χ3n) is 5.94. The number of rotatable bonds is 6. The zero-order valence-electron chi connectivity index (χ0n) is 19.4. The summed E-state index contributed by atoms with van der Waals surface area (Å²) in [7, 11) is -3.98. The van der Waals surface area contributed by atoms with Crippen LogP contribution in [0.15, 0.2) is 100 Å². The highest BCUT2D eigenvalue weighted by atomic mass is 32.2. The van der Waals surface area contributed by atoms with Crippen LogP contribution >= 0.6 is 0 Å². The lowest BCUT2D eigenvalue weighted by atomic mass is 10.1. The normalized spacial score (nSPS) is 11.6. The van der Waals surface area contributed by atoms with Gasteiger partial charge >= 0.3 is 0 Å². The van der Waals surface area contributed by atoms with Crippen LogP contribution in [0.4, 0.5) is 11.4 Å². The van der Waals surface area contributed by atoms with E-state index in [1.165, 1.54) is 0 Å². The molecular weight excluding hydrogens is 460 g/mol. The van der Waals surface area contributed by atoms with Gasteiger partial charge in [-0.2, -0.15) is 0 Å². The molecule has 0 spiro atoms. The summed E-state index contributed by atoms with van der Waals surface area (Å²) in [4.78, 5) is 13.2. The molecule has 5 rings (SSSR count). The molecule has 35 heavy (non-hydrogen) atoms. The highest BCUT2D eigenvalue weighted by Gasteiger charge is 2.28. The third kappa shape index (κ3) is 4.38. The quantitative estimate of drug-likeness (QED) is 0.319. The number of amides is 1. The van der Waals surface area contributed by atoms with Crippen LogP contribution in [0, 0.1) is 13.8 Å². The van der Waals surface area contributed by atoms with E-state index in [1.54, 1.807) is 48.5 Å². The lowest BCUT2D eigenvalue weighted by Crippen LogP contribution is -2.38. The van der Waals surface area contributed by atoms with Crippen molar-refractivity contribution >= 4 is 49.2 Å². The van der Waals surface area contributed by atoms with Crippen molar-refractivity contribution in [3.05, 3.63) is 102 Å². The summed E-state index contributed by atoms with van der Waals surface area (Å²) in [6.07, 6.45) is 0. The van der Waals surface area contributed by atoms with Crippen molar-refractivity contribution < 1.29 is 17.6 Å². The number of carbonyl (C=O) groups excluding carboxylic acids is 1. The lowest BCUT2D eigenvalue weighted by Gasteiger charge is -2.25. The van der Waals surface area contributed by atoms with Crippen LogP contribution in [-0.2, 0) is 14.8 Å². The minimum atomic E-state index is -3.98. The summed E-state index contributed by atoms with van der Waals surface area (Å²) < 4.78 is 34.2. The molecule has 0 bridgehead atoms. The summed E-state index contributed by atoms with van der Waals surface area (Å²) in [6, 6.07) is 26.9. The molecule has 0 unspecified atom stereocenters. The summed E-state index contributed by atoms with van der Waals surface area (Å²) in [6.45, 7) is 3.33. The average molecular weight is 485 g/mol. The summed E-state index contributed by atoms with van der Waals surface area (Å²) in [5, 5.41) is 4.77. The number of benzene rings is 4. The van der Waals surface area contributed by atoms with Crippen LogP contribution in [0.25, 0.3) is 21.9 Å². The Morgan fingerprint density at radius 3 is 2.29 bits per heavy atom. The maximum absolute atomic E-state index is 13.6. The van der Waals surface area contributed by atoms with E-state index >= 15 is 0 Å². The van der Waals surface area contributed by atoms with Crippen molar-refractivity contribution in [2.75, 3.05) is 16.2 Å². The van der Waals surface area contributed by atoms with Crippen LogP contribution in [0.1, 0.15) is 11.1 Å². The first-order valence-corrected chi connectivity index (χ1v) is 12.6. The molecule has 1 amide bonds. The predicted octanol–water partition coefficient (Wildman–Crippen LogP) is 6.04. The molecule has 0 radical (unpaired) electrons. The number of hydrogen-bond acceptors (Lipinski definition) is 4. The minimum absolute atomic E-state index is 0.128. The molecule has 5 aromatic rings. The molecule has 0 aliphatic carbocycles. The van der Waals surface area contributed by atoms with Crippen molar-refractivity contribution in [2.24, 2.45) is 0 Å². The standard InChI is InChI=1S/C28H24N2O4S/c1-19-11-14-22(15-12-19)35(32,33)30(25-9-5-3-7-20(25)2)18-28(31)29-21-13-16-24-23-8-4-6-10-26(23)34-27(24)17-21/h3-17H,18H2,1-2H3,(H,29,31). The number of nitrogens with one attached hydrogen (secondary N) is 1. The van der Waals surface area contributed by atoms with Gasteiger partial charge in [0.15, 0.2) is 0 Å². The van der Waals surface area contributed by atoms with Gasteiger partial charge < -0.3 is 9.73 Å². The van der Waals surface area contributed by atoms with E-state index in [2.05, 4.69) is 5.32 Å². The van der Waals surface area contributed by atoms with Crippen LogP contribution in [0.5, 0.6) is 0 Å². The molecule has 0 aliphatic heterocycles. The fourth-order valence-electron chi connectivity index (χ4n) is 4.11. The Morgan fingerprint density at radius 1 is 0.829 bits per heavy atom. The largest absolute Gasteiger partial charge is 0.456 e. The molecule has 0 aliphatic rings. The first-order chi connectivity index (χ1) is 16.8. The molecule has 1 heterocycles. The number of furan rings is 1. The number of hydrogen-bond donors (Lipinski definition) is 1. The third-order valence-corrected chi connectivity index (χ3v) is 7.72. The Hall–Kier alpha value is -4.10. The second-order valence-corrected chi connectivity index (χ2v) is 10.3. The monoisotopic (exact) mass is 484 g/mol. The second kappa shape index (κ2) is 8.92. The van der Waals surface area contributed by atoms with Crippen LogP contribution in [0.2, 0.25) is 0 Å². The SMILES string of the molecule is Cc1ccc(S(=O)(=O)N(CC(=O)Nc2ccc3c(c2)oc2ccccc23)c2ccccc2C)cc1. The van der Waals surface area contributed by atoms with E-state index in [1.807, 2.05) is 56.3 Å². The Kier molecular flexibility index (Phi) is 5.78. The molecule has 7 heteroatoms. The van der Waals surface area contributed by atoms with Gasteiger partial charge in [-0.25, -0.2) is 8.42 Å². The number of nitrogens with zero attached hydrogens (tertiary/aromatic N) is 1. The van der Waals surface area contributed by atoms with Crippen LogP contribution in [0.3, 0.4) is 0 Å². The van der Waals surface area contributed by atoms with Crippen molar-refractivity contribution in [3.8, 4) is 0 Å². The van der Waals surface area contributed by atoms with Crippen LogP contribution < -0.4 is 9.62 Å². The number of aryl methyl sites for hydroxylation is 2. The lowest BCUT2D eigenvalue weighted by molar-refractivity contribution is -0.114. The highest BCUT2D eigenvalue weighted by molar-refractivity contribution is 7.92. The van der Waals surface area contributed by atoms with E-state index in [0.717, 1.165) is 31.8 Å². The van der Waals surface area contributed by atoms with E-state index < -0.39 is 15.9 Å². The minimum Gasteiger partial charge on any atom is -0.456 e. The predicted molar refractivity (Wildman–Crippen MR) is 139 cm³/mol. The fraction of sp³-hybridized carbons (Fsp3) is 0.107. The summed E-state index contributed by atoms with van der Waals surface area (Å²) >= 11 is 0. The Labute approximate surface area is 203 Å². The summed E-state index contributed by atoms with van der Waals surface area (Å²) in [5.74, 6) is -0.459. The fourth-order valence-corrected chi connectivity index (χ4v) is 5.60. The van der Waals surface area contributed by atoms with Crippen LogP contribution in [-0.4, -0.2) is 20.9 Å². The average Bonchev–Trinajstić information content (AvgIpc) is 3.21. The number of carbonyl (C=O) groups is 1. The van der Waals surface area contributed by atoms with Gasteiger partial charge in [0.25, 0.3) is 10.0 Å². The van der Waals surface area contributed by atoms with Crippen molar-refractivity contribution in [1.29, 1.82) is 0 Å². The van der Waals surface area contributed by atoms with Gasteiger partial charge in [-0.15, -0.1) is 0 Å². The van der Waals surface area contributed by atoms with E-state index in [4.69, 9.17) is 4.42 Å². The van der Waals surface area contributed by atoms with E-state index in [-0.39, 0.29) is 11.4 Å². The molecule has 0 saturated carbocycles. The Bertz CT molecular complexity index is 1650. The van der Waals surface area contributed by atoms with Crippen molar-refractivity contribution in [3.63, 3.8) is 0 Å². The van der Waals surface area contributed by atoms with Crippen molar-refractivity contribution in [1.82, 2.24) is 0 Å². The molecule has 1 N–H and O–H groups in total. The zero-order chi connectivity index (χ0) is 24.6. The van der Waals surface area contributed by atoms with Gasteiger partial charge in [-0.05, 0) is 55.8 Å². The smallest absolute Gasteiger partial charge is 0.264 e. The van der Waals surface area contributed by atoms with Gasteiger partial charge in [-0.1, -0.05) is 54.1 Å². The van der Waals surface area contributed by atoms with Gasteiger partial charge in [0, 0.05) is 22.5 Å². The molecule has 0 fully saturated rings. The first kappa shape index (κ1) is 22.7. The number of fused-ring (bicyclic) bond motifs is 3. The molecule has 0 saturated heterocycles. The number of para-hydroxylation sites is 2. The molecule has 176 valence electrons. The van der Waals surface area contributed by atoms with Gasteiger partial charge in [0.2, 0.25) is 5.91 Å². The number of sulfonamides is 1. The van der Waals surface area contributed by atoms with Gasteiger partial charge in [0.1, 0.15) is 17.7 Å². The zero-order valence-corrected chi connectivity index (χ0v) is 20.2. The Morgan fingerprint density at radius 2 is 1.51 bits per heavy atom.